The Kier molecular flexibility index (Phi) is 6.13. The lowest BCUT2D eigenvalue weighted by Gasteiger charge is -2.33. The molecule has 0 saturated carbocycles. The maximum absolute atomic E-state index is 13.4. The molecule has 3 aliphatic rings. The number of carbonyl (C=O) groups is 4. The van der Waals surface area contributed by atoms with Crippen molar-refractivity contribution in [3.8, 4) is 0 Å². The van der Waals surface area contributed by atoms with E-state index in [4.69, 9.17) is 0 Å². The van der Waals surface area contributed by atoms with E-state index in [0.717, 1.165) is 12.8 Å². The van der Waals surface area contributed by atoms with Gasteiger partial charge < -0.3 is 20.6 Å². The first-order valence-corrected chi connectivity index (χ1v) is 10.8. The molecule has 0 aromatic carbocycles. The molecule has 0 unspecified atom stereocenters. The van der Waals surface area contributed by atoms with Crippen LogP contribution in [0.1, 0.15) is 60.3 Å². The minimum Gasteiger partial charge on any atom is -0.481 e. The average Bonchev–Trinajstić information content (AvgIpc) is 3.02. The van der Waals surface area contributed by atoms with Crippen LogP contribution in [0.15, 0.2) is 0 Å². The molecule has 3 aliphatic heterocycles. The summed E-state index contributed by atoms with van der Waals surface area (Å²) in [5, 5.41) is 15.0. The van der Waals surface area contributed by atoms with E-state index < -0.39 is 42.0 Å². The average molecular weight is 423 g/mol. The van der Waals surface area contributed by atoms with Crippen molar-refractivity contribution in [3.05, 3.63) is 0 Å². The molecule has 0 radical (unpaired) electrons. The third-order valence-corrected chi connectivity index (χ3v) is 5.99. The van der Waals surface area contributed by atoms with Gasteiger partial charge in [0, 0.05) is 5.54 Å². The van der Waals surface area contributed by atoms with Crippen LogP contribution in [-0.2, 0) is 19.2 Å². The highest BCUT2D eigenvalue weighted by atomic mass is 16.4. The minimum absolute atomic E-state index is 0.138. The molecule has 3 heterocycles. The Hall–Kier alpha value is -2.16. The number of rotatable bonds is 5. The van der Waals surface area contributed by atoms with Crippen LogP contribution in [-0.4, -0.2) is 80.9 Å². The number of amides is 3. The molecular weight excluding hydrogens is 388 g/mol. The second-order valence-corrected chi connectivity index (χ2v) is 10.2. The van der Waals surface area contributed by atoms with Crippen molar-refractivity contribution >= 4 is 23.7 Å². The van der Waals surface area contributed by atoms with Crippen LogP contribution >= 0.6 is 0 Å². The van der Waals surface area contributed by atoms with Gasteiger partial charge in [0.15, 0.2) is 0 Å². The van der Waals surface area contributed by atoms with Crippen molar-refractivity contribution in [1.29, 1.82) is 0 Å². The lowest BCUT2D eigenvalue weighted by molar-refractivity contribution is -0.142. The summed E-state index contributed by atoms with van der Waals surface area (Å²) in [6.07, 6.45) is 1.62. The van der Waals surface area contributed by atoms with Crippen LogP contribution in [0.25, 0.3) is 0 Å². The van der Waals surface area contributed by atoms with Crippen molar-refractivity contribution in [2.75, 3.05) is 6.54 Å². The lowest BCUT2D eigenvalue weighted by atomic mass is 9.99. The summed E-state index contributed by atoms with van der Waals surface area (Å²) in [5.74, 6) is -1.80. The van der Waals surface area contributed by atoms with Gasteiger partial charge in [-0.15, -0.1) is 0 Å². The highest BCUT2D eigenvalue weighted by Crippen LogP contribution is 2.41. The molecule has 0 bridgehead atoms. The maximum atomic E-state index is 13.4. The number of aliphatic carboxylic acids is 1. The zero-order chi connectivity index (χ0) is 22.4. The predicted molar refractivity (Wildman–Crippen MR) is 109 cm³/mol. The van der Waals surface area contributed by atoms with Gasteiger partial charge in [0.05, 0.1) is 24.5 Å². The molecule has 0 aromatic heterocycles. The first-order valence-electron chi connectivity index (χ1n) is 10.8. The van der Waals surface area contributed by atoms with Gasteiger partial charge in [0.2, 0.25) is 17.7 Å². The van der Waals surface area contributed by atoms with Crippen LogP contribution < -0.4 is 10.6 Å². The summed E-state index contributed by atoms with van der Waals surface area (Å²) >= 11 is 0. The van der Waals surface area contributed by atoms with Crippen LogP contribution in [0.2, 0.25) is 0 Å². The molecule has 30 heavy (non-hydrogen) atoms. The Balaban J connectivity index is 2.00. The molecule has 9 heteroatoms. The normalized spacial score (nSPS) is 31.9. The lowest BCUT2D eigenvalue weighted by Crippen LogP contribution is -2.58. The molecule has 0 spiro atoms. The van der Waals surface area contributed by atoms with Gasteiger partial charge in [-0.1, -0.05) is 13.8 Å². The molecule has 9 nitrogen and oxygen atoms in total. The van der Waals surface area contributed by atoms with Crippen LogP contribution in [0, 0.1) is 5.92 Å². The minimum atomic E-state index is -1.14. The van der Waals surface area contributed by atoms with Gasteiger partial charge in [-0.3, -0.25) is 24.1 Å². The Bertz CT molecular complexity index is 731. The molecule has 3 saturated heterocycles. The second-order valence-electron chi connectivity index (χ2n) is 10.2. The summed E-state index contributed by atoms with van der Waals surface area (Å²) in [6, 6.07) is -2.77. The van der Waals surface area contributed by atoms with Crippen LogP contribution in [0.4, 0.5) is 0 Å². The van der Waals surface area contributed by atoms with Gasteiger partial charge in [-0.25, -0.2) is 0 Å². The zero-order valence-corrected chi connectivity index (χ0v) is 18.5. The maximum Gasteiger partial charge on any atom is 0.305 e. The van der Waals surface area contributed by atoms with E-state index in [1.54, 1.807) is 4.90 Å². The standard InChI is InChI=1S/C21H34N4O5/c1-11(2)9-14-16-17(19(29)23-21(3,4)5)24-8-6-7-13(24)18(28)22-12(10-15(26)27)20(30)25(14)16/h11-14,16-17H,6-10H2,1-5H3,(H,22,28)(H,23,29)(H,26,27)/t12-,13+,14-,16+,17-,25?/m0/s1. The number of fused-ring (bicyclic) bond motifs is 2. The first-order chi connectivity index (χ1) is 13.9. The Morgan fingerprint density at radius 1 is 1.27 bits per heavy atom. The second kappa shape index (κ2) is 8.17. The summed E-state index contributed by atoms with van der Waals surface area (Å²) in [6.45, 7) is 10.4. The molecule has 0 aromatic rings. The molecule has 3 fully saturated rings. The SMILES string of the molecule is CC(C)C[C@H]1[C@@H]2[C@@H](C(=O)NC(C)(C)C)N3CCC[C@@H]3C(=O)N[C@@H](CC(=O)O)C(=O)N21. The first kappa shape index (κ1) is 22.5. The largest absolute Gasteiger partial charge is 0.481 e. The van der Waals surface area contributed by atoms with Crippen molar-refractivity contribution < 1.29 is 24.3 Å². The van der Waals surface area contributed by atoms with Gasteiger partial charge in [0.25, 0.3) is 0 Å². The highest BCUT2D eigenvalue weighted by Gasteiger charge is 2.61. The van der Waals surface area contributed by atoms with Gasteiger partial charge in [-0.05, 0) is 52.5 Å². The number of carboxylic acids is 1. The highest BCUT2D eigenvalue weighted by molar-refractivity contribution is 5.96. The van der Waals surface area contributed by atoms with E-state index in [-0.39, 0.29) is 23.9 Å². The number of nitrogens with zero attached hydrogens (tertiary/aromatic N) is 2. The summed E-state index contributed by atoms with van der Waals surface area (Å²) in [4.78, 5) is 54.4. The van der Waals surface area contributed by atoms with E-state index in [0.29, 0.717) is 18.9 Å². The molecule has 5 atom stereocenters. The smallest absolute Gasteiger partial charge is 0.305 e. The van der Waals surface area contributed by atoms with Crippen molar-refractivity contribution in [2.45, 2.75) is 96.1 Å². The summed E-state index contributed by atoms with van der Waals surface area (Å²) < 4.78 is 0. The molecule has 0 aliphatic carbocycles. The molecule has 3 amide bonds. The van der Waals surface area contributed by atoms with Gasteiger partial charge >= 0.3 is 5.97 Å². The Labute approximate surface area is 177 Å². The van der Waals surface area contributed by atoms with Crippen LogP contribution in [0.5, 0.6) is 0 Å². The van der Waals surface area contributed by atoms with Crippen LogP contribution in [0.3, 0.4) is 0 Å². The summed E-state index contributed by atoms with van der Waals surface area (Å²) in [5.41, 5.74) is -0.448. The Morgan fingerprint density at radius 2 is 1.93 bits per heavy atom. The fraction of sp³-hybridized carbons (Fsp3) is 0.810. The predicted octanol–water partition coefficient (Wildman–Crippen LogP) is 0.333. The topological polar surface area (TPSA) is 119 Å². The van der Waals surface area contributed by atoms with Gasteiger partial charge in [0.1, 0.15) is 12.1 Å². The monoisotopic (exact) mass is 422 g/mol. The van der Waals surface area contributed by atoms with E-state index in [2.05, 4.69) is 24.5 Å². The number of hydrogen-bond donors (Lipinski definition) is 3. The third-order valence-electron chi connectivity index (χ3n) is 5.99. The van der Waals surface area contributed by atoms with E-state index in [1.807, 2.05) is 25.7 Å². The number of carbonyl (C=O) groups excluding carboxylic acids is 3. The van der Waals surface area contributed by atoms with E-state index >= 15 is 0 Å². The molecule has 3 N–H and O–H groups in total. The summed E-state index contributed by atoms with van der Waals surface area (Å²) in [7, 11) is 0. The Morgan fingerprint density at radius 3 is 2.50 bits per heavy atom. The van der Waals surface area contributed by atoms with E-state index in [1.165, 1.54) is 0 Å². The van der Waals surface area contributed by atoms with E-state index in [9.17, 15) is 24.3 Å². The van der Waals surface area contributed by atoms with Gasteiger partial charge in [-0.2, -0.15) is 0 Å². The molecule has 168 valence electrons. The third kappa shape index (κ3) is 4.61. The fourth-order valence-electron chi connectivity index (χ4n) is 4.88. The van der Waals surface area contributed by atoms with Crippen molar-refractivity contribution in [3.63, 3.8) is 0 Å². The quantitative estimate of drug-likeness (QED) is 0.550. The fourth-order valence-corrected chi connectivity index (χ4v) is 4.88. The molecular formula is C21H34N4O5. The number of carboxylic acid groups (broad SMARTS) is 1. The van der Waals surface area contributed by atoms with Crippen molar-refractivity contribution in [1.82, 2.24) is 20.4 Å². The number of nitrogens with one attached hydrogen (secondary N) is 2. The number of hydrogen-bond acceptors (Lipinski definition) is 5. The van der Waals surface area contributed by atoms with Crippen molar-refractivity contribution in [2.24, 2.45) is 5.92 Å². The molecule has 3 rings (SSSR count). The zero-order valence-electron chi connectivity index (χ0n) is 18.5.